The van der Waals surface area contributed by atoms with Gasteiger partial charge in [0.1, 0.15) is 0 Å². The summed E-state index contributed by atoms with van der Waals surface area (Å²) in [5, 5.41) is 0. The molecule has 0 bridgehead atoms. The first-order valence-corrected chi connectivity index (χ1v) is 10.5. The van der Waals surface area contributed by atoms with E-state index in [-0.39, 0.29) is 4.71 Å². The topological polar surface area (TPSA) is 38.7 Å². The molecule has 1 aliphatic heterocycles. The monoisotopic (exact) mass is 429 g/mol. The van der Waals surface area contributed by atoms with E-state index in [0.717, 1.165) is 41.2 Å². The molecule has 0 aromatic carbocycles. The molecule has 0 N–H and O–H groups in total. The van der Waals surface area contributed by atoms with Crippen molar-refractivity contribution in [2.24, 2.45) is 0 Å². The quantitative estimate of drug-likeness (QED) is 0.443. The van der Waals surface area contributed by atoms with E-state index < -0.39 is 0 Å². The molecule has 138 valence electrons. The maximum atomic E-state index is 4.62. The molecule has 0 saturated heterocycles. The fraction of sp³-hybridized carbons (Fsp3) is 0.174. The summed E-state index contributed by atoms with van der Waals surface area (Å²) < 4.78 is 0.909. The third-order valence-corrected chi connectivity index (χ3v) is 6.15. The number of nitrogens with zero attached hydrogens (tertiary/aromatic N) is 4. The van der Waals surface area contributed by atoms with Crippen LogP contribution in [-0.2, 0) is 13.1 Å². The Balaban J connectivity index is 1.76. The van der Waals surface area contributed by atoms with Crippen molar-refractivity contribution >= 4 is 16.9 Å². The second kappa shape index (κ2) is 8.64. The van der Waals surface area contributed by atoms with Crippen molar-refractivity contribution in [3.63, 3.8) is 0 Å². The van der Waals surface area contributed by atoms with Crippen LogP contribution >= 0.6 is 0 Å². The van der Waals surface area contributed by atoms with Gasteiger partial charge < -0.3 is 0 Å². The van der Waals surface area contributed by atoms with Crippen LogP contribution in [0.5, 0.6) is 0 Å². The molecule has 4 heterocycles. The Morgan fingerprint density at radius 3 is 1.96 bits per heavy atom. The summed E-state index contributed by atoms with van der Waals surface area (Å²) in [5.74, 6) is 0. The van der Waals surface area contributed by atoms with Gasteiger partial charge >= 0.3 is 175 Å². The zero-order chi connectivity index (χ0) is 19.2. The molecule has 0 spiro atoms. The molecule has 0 fully saturated rings. The zero-order valence-corrected chi connectivity index (χ0v) is 17.5. The van der Waals surface area contributed by atoms with E-state index >= 15 is 0 Å². The third kappa shape index (κ3) is 4.14. The molecule has 1 aliphatic rings. The van der Waals surface area contributed by atoms with Crippen molar-refractivity contribution < 1.29 is 4.48 Å². The van der Waals surface area contributed by atoms with Gasteiger partial charge in [0, 0.05) is 0 Å². The number of quaternary nitrogens is 1. The molecule has 3 aromatic rings. The SMILES string of the molecule is [As]C(C1=CC=CC[N+]1(Cc1ccccn1)Cc1ccccn1)c1ccccn1. The van der Waals surface area contributed by atoms with Crippen molar-refractivity contribution in [1.82, 2.24) is 15.0 Å². The summed E-state index contributed by atoms with van der Waals surface area (Å²) in [5.41, 5.74) is 4.55. The Morgan fingerprint density at radius 2 is 1.43 bits per heavy atom. The molecule has 4 nitrogen and oxygen atoms in total. The van der Waals surface area contributed by atoms with Crippen LogP contribution in [0.15, 0.2) is 97.1 Å². The number of pyridine rings is 3. The van der Waals surface area contributed by atoms with Gasteiger partial charge in [-0.25, -0.2) is 0 Å². The molecule has 5 heteroatoms. The molecule has 0 amide bonds. The van der Waals surface area contributed by atoms with Gasteiger partial charge in [0.2, 0.25) is 0 Å². The first kappa shape index (κ1) is 18.8. The first-order chi connectivity index (χ1) is 13.8. The summed E-state index contributed by atoms with van der Waals surface area (Å²) >= 11 is 2.81. The molecular weight excluding hydrogens is 407 g/mol. The zero-order valence-electron chi connectivity index (χ0n) is 15.6. The van der Waals surface area contributed by atoms with Crippen molar-refractivity contribution in [2.75, 3.05) is 6.54 Å². The number of aromatic nitrogens is 3. The van der Waals surface area contributed by atoms with E-state index in [1.54, 1.807) is 0 Å². The van der Waals surface area contributed by atoms with Crippen LogP contribution in [0.25, 0.3) is 0 Å². The molecule has 0 aliphatic carbocycles. The van der Waals surface area contributed by atoms with E-state index in [9.17, 15) is 0 Å². The van der Waals surface area contributed by atoms with Crippen LogP contribution in [-0.4, -0.2) is 42.8 Å². The van der Waals surface area contributed by atoms with E-state index in [2.05, 4.69) is 80.4 Å². The van der Waals surface area contributed by atoms with Gasteiger partial charge in [-0.05, 0) is 0 Å². The summed E-state index contributed by atoms with van der Waals surface area (Å²) in [7, 11) is 0. The Bertz CT molecular complexity index is 914. The van der Waals surface area contributed by atoms with Crippen LogP contribution in [0.4, 0.5) is 0 Å². The second-order valence-electron chi connectivity index (χ2n) is 6.96. The summed E-state index contributed by atoms with van der Waals surface area (Å²) in [6.07, 6.45) is 12.2. The van der Waals surface area contributed by atoms with E-state index in [1.807, 2.05) is 42.9 Å². The normalized spacial score (nSPS) is 16.4. The maximum absolute atomic E-state index is 4.62. The third-order valence-electron chi connectivity index (χ3n) is 5.04. The predicted octanol–water partition coefficient (Wildman–Crippen LogP) is 3.75. The van der Waals surface area contributed by atoms with Gasteiger partial charge in [-0.15, -0.1) is 0 Å². The standard InChI is InChI=1S/C23H22AsN4/c24-23(21-11-3-7-15-27-21)22-12-4-8-16-28(22,17-19-9-1-5-13-25-19)18-20-10-2-6-14-26-20/h1-15,23H,16-18H2/q+1. The van der Waals surface area contributed by atoms with E-state index in [1.165, 1.54) is 5.70 Å². The predicted molar refractivity (Wildman–Crippen MR) is 111 cm³/mol. The van der Waals surface area contributed by atoms with Gasteiger partial charge in [0.05, 0.1) is 0 Å². The van der Waals surface area contributed by atoms with Gasteiger partial charge in [0.25, 0.3) is 0 Å². The van der Waals surface area contributed by atoms with Crippen LogP contribution in [0.1, 0.15) is 21.8 Å². The van der Waals surface area contributed by atoms with Crippen molar-refractivity contribution in [3.8, 4) is 0 Å². The molecule has 0 saturated carbocycles. The number of allylic oxidation sites excluding steroid dienone is 3. The Morgan fingerprint density at radius 1 is 0.821 bits per heavy atom. The summed E-state index contributed by atoms with van der Waals surface area (Å²) in [4.78, 5) is 13.8. The van der Waals surface area contributed by atoms with Crippen molar-refractivity contribution in [3.05, 3.63) is 114 Å². The summed E-state index contributed by atoms with van der Waals surface area (Å²) in [6, 6.07) is 18.4. The minimum absolute atomic E-state index is 0.145. The van der Waals surface area contributed by atoms with E-state index in [4.69, 9.17) is 0 Å². The average Bonchev–Trinajstić information content (AvgIpc) is 2.76. The van der Waals surface area contributed by atoms with Crippen LogP contribution in [0.2, 0.25) is 0 Å². The van der Waals surface area contributed by atoms with Crippen LogP contribution < -0.4 is 0 Å². The first-order valence-electron chi connectivity index (χ1n) is 9.39. The Kier molecular flexibility index (Phi) is 5.80. The molecule has 3 aromatic heterocycles. The molecule has 1 unspecified atom stereocenters. The van der Waals surface area contributed by atoms with Crippen molar-refractivity contribution in [1.29, 1.82) is 0 Å². The Hall–Kier alpha value is -2.55. The number of hydrogen-bond donors (Lipinski definition) is 0. The molecule has 2 radical (unpaired) electrons. The molecular formula is C23H22AsN4+. The molecule has 1 atom stereocenters. The van der Waals surface area contributed by atoms with Crippen LogP contribution in [0, 0.1) is 0 Å². The molecule has 4 rings (SSSR count). The van der Waals surface area contributed by atoms with Gasteiger partial charge in [-0.3, -0.25) is 0 Å². The van der Waals surface area contributed by atoms with Gasteiger partial charge in [-0.1, -0.05) is 0 Å². The summed E-state index contributed by atoms with van der Waals surface area (Å²) in [6.45, 7) is 2.53. The fourth-order valence-electron chi connectivity index (χ4n) is 3.70. The minimum atomic E-state index is 0.145. The van der Waals surface area contributed by atoms with Crippen LogP contribution in [0.3, 0.4) is 0 Å². The van der Waals surface area contributed by atoms with Gasteiger partial charge in [0.15, 0.2) is 0 Å². The second-order valence-corrected chi connectivity index (χ2v) is 8.05. The number of rotatable bonds is 6. The average molecular weight is 429 g/mol. The van der Waals surface area contributed by atoms with Crippen molar-refractivity contribution in [2.45, 2.75) is 17.8 Å². The number of hydrogen-bond acceptors (Lipinski definition) is 3. The molecule has 28 heavy (non-hydrogen) atoms. The Labute approximate surface area is 174 Å². The fourth-order valence-corrected chi connectivity index (χ4v) is 4.72. The van der Waals surface area contributed by atoms with E-state index in [0.29, 0.717) is 0 Å². The van der Waals surface area contributed by atoms with Gasteiger partial charge in [-0.2, -0.15) is 0 Å².